The summed E-state index contributed by atoms with van der Waals surface area (Å²) >= 11 is 0. The number of aliphatic hydroxyl groups is 1. The molecule has 3 amide bonds. The Labute approximate surface area is 159 Å². The minimum absolute atomic E-state index is 0.0866. The maximum absolute atomic E-state index is 12.7. The van der Waals surface area contributed by atoms with Crippen molar-refractivity contribution in [3.63, 3.8) is 0 Å². The maximum Gasteiger partial charge on any atom is 0.322 e. The van der Waals surface area contributed by atoms with E-state index in [1.165, 1.54) is 0 Å². The number of amides is 3. The van der Waals surface area contributed by atoms with Crippen LogP contribution in [0.2, 0.25) is 0 Å². The van der Waals surface area contributed by atoms with E-state index in [0.717, 1.165) is 11.1 Å². The van der Waals surface area contributed by atoms with Gasteiger partial charge in [-0.2, -0.15) is 0 Å². The third-order valence-electron chi connectivity index (χ3n) is 4.18. The fourth-order valence-corrected chi connectivity index (χ4v) is 2.59. The lowest BCUT2D eigenvalue weighted by Crippen LogP contribution is -2.35. The second kappa shape index (κ2) is 10.3. The van der Waals surface area contributed by atoms with E-state index in [4.69, 9.17) is 16.6 Å². The van der Waals surface area contributed by atoms with Gasteiger partial charge < -0.3 is 26.8 Å². The molecule has 0 saturated heterocycles. The Morgan fingerprint density at radius 3 is 2.15 bits per heavy atom. The molecule has 0 atom stereocenters. The molecule has 2 rings (SSSR count). The second-order valence-electron chi connectivity index (χ2n) is 6.24. The third-order valence-corrected chi connectivity index (χ3v) is 4.18. The average molecular weight is 370 g/mol. The molecular formula is C20H26N4O3. The highest BCUT2D eigenvalue weighted by atomic mass is 16.3. The maximum atomic E-state index is 12.7. The average Bonchev–Trinajstić information content (AvgIpc) is 2.68. The van der Waals surface area contributed by atoms with Crippen molar-refractivity contribution in [2.75, 3.05) is 18.5 Å². The van der Waals surface area contributed by atoms with E-state index in [-0.39, 0.29) is 12.6 Å². The molecule has 27 heavy (non-hydrogen) atoms. The lowest BCUT2D eigenvalue weighted by atomic mass is 10.1. The Hall–Kier alpha value is -2.90. The number of carbonyl (C=O) groups is 2. The number of urea groups is 1. The first-order valence-corrected chi connectivity index (χ1v) is 8.88. The van der Waals surface area contributed by atoms with Crippen LogP contribution in [-0.2, 0) is 13.1 Å². The number of rotatable bonds is 9. The summed E-state index contributed by atoms with van der Waals surface area (Å²) in [7, 11) is 0. The zero-order valence-corrected chi connectivity index (χ0v) is 15.2. The van der Waals surface area contributed by atoms with Gasteiger partial charge in [-0.3, -0.25) is 4.79 Å². The molecule has 0 aliphatic heterocycles. The van der Waals surface area contributed by atoms with E-state index in [9.17, 15) is 9.59 Å². The van der Waals surface area contributed by atoms with Gasteiger partial charge in [0.15, 0.2) is 0 Å². The number of hydrogen-bond acceptors (Lipinski definition) is 4. The molecule has 0 aliphatic rings. The van der Waals surface area contributed by atoms with Gasteiger partial charge in [0.25, 0.3) is 0 Å². The summed E-state index contributed by atoms with van der Waals surface area (Å²) in [6.07, 6.45) is 1.31. The third kappa shape index (κ3) is 6.40. The van der Waals surface area contributed by atoms with Crippen molar-refractivity contribution in [2.24, 2.45) is 11.5 Å². The molecule has 0 spiro atoms. The van der Waals surface area contributed by atoms with Gasteiger partial charge in [0.1, 0.15) is 0 Å². The lowest BCUT2D eigenvalue weighted by Gasteiger charge is -2.23. The summed E-state index contributed by atoms with van der Waals surface area (Å²) in [5.74, 6) is -0.486. The van der Waals surface area contributed by atoms with Crippen molar-refractivity contribution in [1.82, 2.24) is 4.90 Å². The SMILES string of the molecule is NCc1ccc(NC(=O)N(CCCCO)Cc2ccc(C(N)=O)cc2)cc1. The Kier molecular flexibility index (Phi) is 7.79. The molecule has 0 radical (unpaired) electrons. The molecule has 0 fully saturated rings. The topological polar surface area (TPSA) is 122 Å². The minimum atomic E-state index is -0.486. The summed E-state index contributed by atoms with van der Waals surface area (Å²) in [5.41, 5.74) is 13.8. The van der Waals surface area contributed by atoms with Crippen LogP contribution in [0.1, 0.15) is 34.3 Å². The van der Waals surface area contributed by atoms with Gasteiger partial charge in [-0.05, 0) is 48.2 Å². The largest absolute Gasteiger partial charge is 0.396 e. The molecule has 2 aromatic rings. The van der Waals surface area contributed by atoms with E-state index in [2.05, 4.69) is 5.32 Å². The molecule has 7 nitrogen and oxygen atoms in total. The van der Waals surface area contributed by atoms with E-state index in [1.54, 1.807) is 29.2 Å². The fraction of sp³-hybridized carbons (Fsp3) is 0.300. The fourth-order valence-electron chi connectivity index (χ4n) is 2.59. The number of unbranched alkanes of at least 4 members (excludes halogenated alkanes) is 1. The first kappa shape index (κ1) is 20.4. The predicted molar refractivity (Wildman–Crippen MR) is 105 cm³/mol. The number of primary amides is 1. The van der Waals surface area contributed by atoms with E-state index < -0.39 is 5.91 Å². The standard InChI is InChI=1S/C20H26N4O3/c21-13-15-5-9-18(10-6-15)23-20(27)24(11-1-2-12-25)14-16-3-7-17(8-4-16)19(22)26/h3-10,25H,1-2,11-14,21H2,(H2,22,26)(H,23,27). The summed E-state index contributed by atoms with van der Waals surface area (Å²) in [6, 6.07) is 14.0. The molecule has 0 saturated carbocycles. The van der Waals surface area contributed by atoms with Gasteiger partial charge >= 0.3 is 6.03 Å². The Morgan fingerprint density at radius 2 is 1.59 bits per heavy atom. The van der Waals surface area contributed by atoms with E-state index in [0.29, 0.717) is 43.7 Å². The van der Waals surface area contributed by atoms with Crippen molar-refractivity contribution < 1.29 is 14.7 Å². The van der Waals surface area contributed by atoms with Gasteiger partial charge in [0, 0.05) is 37.5 Å². The Morgan fingerprint density at radius 1 is 0.963 bits per heavy atom. The molecule has 0 heterocycles. The van der Waals surface area contributed by atoms with Crippen molar-refractivity contribution in [3.05, 3.63) is 65.2 Å². The zero-order valence-electron chi connectivity index (χ0n) is 15.2. The van der Waals surface area contributed by atoms with Gasteiger partial charge in [0.05, 0.1) is 0 Å². The number of benzene rings is 2. The molecule has 144 valence electrons. The van der Waals surface area contributed by atoms with Crippen LogP contribution < -0.4 is 16.8 Å². The lowest BCUT2D eigenvalue weighted by molar-refractivity contribution is 0.1000. The van der Waals surface area contributed by atoms with Gasteiger partial charge in [-0.15, -0.1) is 0 Å². The summed E-state index contributed by atoms with van der Waals surface area (Å²) in [4.78, 5) is 25.5. The van der Waals surface area contributed by atoms with Crippen LogP contribution in [0.15, 0.2) is 48.5 Å². The number of hydrogen-bond donors (Lipinski definition) is 4. The van der Waals surface area contributed by atoms with Gasteiger partial charge in [-0.25, -0.2) is 4.79 Å². The Bertz CT molecular complexity index is 745. The molecule has 0 aliphatic carbocycles. The molecule has 7 heteroatoms. The number of carbonyl (C=O) groups excluding carboxylic acids is 2. The summed E-state index contributed by atoms with van der Waals surface area (Å²) in [6.45, 7) is 1.42. The summed E-state index contributed by atoms with van der Waals surface area (Å²) < 4.78 is 0. The number of aliphatic hydroxyl groups excluding tert-OH is 1. The van der Waals surface area contributed by atoms with E-state index in [1.807, 2.05) is 24.3 Å². The Balaban J connectivity index is 2.06. The molecule has 0 unspecified atom stereocenters. The highest BCUT2D eigenvalue weighted by Crippen LogP contribution is 2.13. The zero-order chi connectivity index (χ0) is 19.6. The monoisotopic (exact) mass is 370 g/mol. The van der Waals surface area contributed by atoms with Crippen LogP contribution in [-0.4, -0.2) is 35.1 Å². The van der Waals surface area contributed by atoms with Crippen LogP contribution in [0.3, 0.4) is 0 Å². The van der Waals surface area contributed by atoms with Crippen LogP contribution in [0.5, 0.6) is 0 Å². The van der Waals surface area contributed by atoms with E-state index >= 15 is 0 Å². The summed E-state index contributed by atoms with van der Waals surface area (Å²) in [5, 5.41) is 11.9. The molecular weight excluding hydrogens is 344 g/mol. The molecule has 2 aromatic carbocycles. The molecule has 0 bridgehead atoms. The van der Waals surface area contributed by atoms with Crippen LogP contribution in [0.25, 0.3) is 0 Å². The predicted octanol–water partition coefficient (Wildman–Crippen LogP) is 2.05. The highest BCUT2D eigenvalue weighted by Gasteiger charge is 2.14. The number of nitrogens with zero attached hydrogens (tertiary/aromatic N) is 1. The first-order valence-electron chi connectivity index (χ1n) is 8.88. The van der Waals surface area contributed by atoms with Crippen molar-refractivity contribution in [2.45, 2.75) is 25.9 Å². The number of nitrogens with two attached hydrogens (primary N) is 2. The van der Waals surface area contributed by atoms with Crippen LogP contribution in [0, 0.1) is 0 Å². The quantitative estimate of drug-likeness (QED) is 0.505. The number of anilines is 1. The van der Waals surface area contributed by atoms with Gasteiger partial charge in [-0.1, -0.05) is 24.3 Å². The normalized spacial score (nSPS) is 10.4. The smallest absolute Gasteiger partial charge is 0.322 e. The molecule has 0 aromatic heterocycles. The first-order chi connectivity index (χ1) is 13.0. The van der Waals surface area contributed by atoms with Crippen LogP contribution >= 0.6 is 0 Å². The molecule has 6 N–H and O–H groups in total. The highest BCUT2D eigenvalue weighted by molar-refractivity contribution is 5.92. The van der Waals surface area contributed by atoms with Crippen molar-refractivity contribution in [1.29, 1.82) is 0 Å². The van der Waals surface area contributed by atoms with Crippen LogP contribution in [0.4, 0.5) is 10.5 Å². The minimum Gasteiger partial charge on any atom is -0.396 e. The van der Waals surface area contributed by atoms with Gasteiger partial charge in [0.2, 0.25) is 5.91 Å². The van der Waals surface area contributed by atoms with Crippen molar-refractivity contribution in [3.8, 4) is 0 Å². The van der Waals surface area contributed by atoms with Crippen molar-refractivity contribution >= 4 is 17.6 Å². The number of nitrogens with one attached hydrogen (secondary N) is 1. The second-order valence-corrected chi connectivity index (χ2v) is 6.24.